The first-order valence-electron chi connectivity index (χ1n) is 5.43. The molecule has 0 fully saturated rings. The molecule has 0 saturated carbocycles. The Kier molecular flexibility index (Phi) is 2.76. The minimum atomic E-state index is -0.334. The van der Waals surface area contributed by atoms with Crippen LogP contribution in [0, 0.1) is 12.7 Å². The van der Waals surface area contributed by atoms with Crippen molar-refractivity contribution in [3.63, 3.8) is 0 Å². The van der Waals surface area contributed by atoms with Gasteiger partial charge < -0.3 is 0 Å². The molecular formula is C14H9FOS2. The molecule has 4 heteroatoms. The van der Waals surface area contributed by atoms with Gasteiger partial charge in [-0.3, -0.25) is 4.79 Å². The lowest BCUT2D eigenvalue weighted by Gasteiger charge is -2.00. The van der Waals surface area contributed by atoms with E-state index >= 15 is 0 Å². The molecule has 0 aliphatic carbocycles. The summed E-state index contributed by atoms with van der Waals surface area (Å²) in [5.74, 6) is -0.443. The molecule has 0 saturated heterocycles. The first-order valence-corrected chi connectivity index (χ1v) is 7.12. The second-order valence-electron chi connectivity index (χ2n) is 4.05. The Morgan fingerprint density at radius 3 is 2.72 bits per heavy atom. The fraction of sp³-hybridized carbons (Fsp3) is 0.0714. The standard InChI is InChI=1S/C14H9FOS2/c1-8-2-3-9(6-10(8)15)14(16)13-7-12-11(18-13)4-5-17-12/h2-7H,1H3. The third kappa shape index (κ3) is 1.87. The second-order valence-corrected chi connectivity index (χ2v) is 6.08. The van der Waals surface area contributed by atoms with Gasteiger partial charge in [-0.2, -0.15) is 0 Å². The maximum Gasteiger partial charge on any atom is 0.203 e. The van der Waals surface area contributed by atoms with Gasteiger partial charge in [0.05, 0.1) is 4.88 Å². The van der Waals surface area contributed by atoms with Crippen molar-refractivity contribution in [3.05, 3.63) is 57.5 Å². The van der Waals surface area contributed by atoms with Crippen molar-refractivity contribution in [2.75, 3.05) is 0 Å². The van der Waals surface area contributed by atoms with Crippen LogP contribution in [0.15, 0.2) is 35.7 Å². The number of carbonyl (C=O) groups excluding carboxylic acids is 1. The van der Waals surface area contributed by atoms with Gasteiger partial charge >= 0.3 is 0 Å². The van der Waals surface area contributed by atoms with Crippen LogP contribution in [0.3, 0.4) is 0 Å². The highest BCUT2D eigenvalue weighted by molar-refractivity contribution is 7.28. The van der Waals surface area contributed by atoms with Crippen molar-refractivity contribution in [1.82, 2.24) is 0 Å². The van der Waals surface area contributed by atoms with Gasteiger partial charge in [-0.25, -0.2) is 4.39 Å². The van der Waals surface area contributed by atoms with Crippen LogP contribution < -0.4 is 0 Å². The highest BCUT2D eigenvalue weighted by Gasteiger charge is 2.14. The molecule has 0 unspecified atom stereocenters. The summed E-state index contributed by atoms with van der Waals surface area (Å²) in [4.78, 5) is 12.9. The number of benzene rings is 1. The Balaban J connectivity index is 2.03. The zero-order valence-corrected chi connectivity index (χ0v) is 11.2. The average Bonchev–Trinajstić information content (AvgIpc) is 2.92. The molecule has 1 nitrogen and oxygen atoms in total. The smallest absolute Gasteiger partial charge is 0.203 e. The minimum absolute atomic E-state index is 0.109. The SMILES string of the molecule is Cc1ccc(C(=O)c2cc3sccc3s2)cc1F. The van der Waals surface area contributed by atoms with E-state index in [4.69, 9.17) is 0 Å². The van der Waals surface area contributed by atoms with Gasteiger partial charge in [0, 0.05) is 15.0 Å². The van der Waals surface area contributed by atoms with Crippen LogP contribution in [-0.4, -0.2) is 5.78 Å². The summed E-state index contributed by atoms with van der Waals surface area (Å²) in [7, 11) is 0. The number of halogens is 1. The monoisotopic (exact) mass is 276 g/mol. The minimum Gasteiger partial charge on any atom is -0.288 e. The number of rotatable bonds is 2. The van der Waals surface area contributed by atoms with Gasteiger partial charge in [-0.05, 0) is 36.1 Å². The summed E-state index contributed by atoms with van der Waals surface area (Å²) >= 11 is 3.07. The van der Waals surface area contributed by atoms with Crippen LogP contribution in [0.4, 0.5) is 4.39 Å². The molecule has 0 aliphatic rings. The Hall–Kier alpha value is -1.52. The summed E-state index contributed by atoms with van der Waals surface area (Å²) < 4.78 is 15.7. The number of carbonyl (C=O) groups is 1. The molecule has 0 amide bonds. The van der Waals surface area contributed by atoms with Gasteiger partial charge in [0.25, 0.3) is 0 Å². The topological polar surface area (TPSA) is 17.1 Å². The van der Waals surface area contributed by atoms with Gasteiger partial charge in [0.1, 0.15) is 5.82 Å². The quantitative estimate of drug-likeness (QED) is 0.623. The van der Waals surface area contributed by atoms with Crippen LogP contribution in [0.1, 0.15) is 20.8 Å². The van der Waals surface area contributed by atoms with Crippen LogP contribution in [0.5, 0.6) is 0 Å². The zero-order valence-electron chi connectivity index (χ0n) is 9.57. The molecule has 0 bridgehead atoms. The number of ketones is 1. The van der Waals surface area contributed by atoms with E-state index in [0.717, 1.165) is 9.40 Å². The molecule has 2 heterocycles. The van der Waals surface area contributed by atoms with E-state index in [1.54, 1.807) is 30.4 Å². The molecular weight excluding hydrogens is 267 g/mol. The number of aryl methyl sites for hydroxylation is 1. The van der Waals surface area contributed by atoms with E-state index in [-0.39, 0.29) is 11.6 Å². The molecule has 18 heavy (non-hydrogen) atoms. The molecule has 0 spiro atoms. The molecule has 1 aromatic carbocycles. The maximum absolute atomic E-state index is 13.5. The summed E-state index contributed by atoms with van der Waals surface area (Å²) in [6.07, 6.45) is 0. The summed E-state index contributed by atoms with van der Waals surface area (Å²) in [5, 5.41) is 2.00. The lowest BCUT2D eigenvalue weighted by Crippen LogP contribution is -1.99. The largest absolute Gasteiger partial charge is 0.288 e. The lowest BCUT2D eigenvalue weighted by atomic mass is 10.1. The predicted molar refractivity (Wildman–Crippen MR) is 74.3 cm³/mol. The molecule has 90 valence electrons. The van der Waals surface area contributed by atoms with Crippen molar-refractivity contribution in [1.29, 1.82) is 0 Å². The van der Waals surface area contributed by atoms with Gasteiger partial charge in [0.15, 0.2) is 0 Å². The van der Waals surface area contributed by atoms with E-state index in [2.05, 4.69) is 0 Å². The number of fused-ring (bicyclic) bond motifs is 1. The fourth-order valence-corrected chi connectivity index (χ4v) is 3.82. The first-order chi connectivity index (χ1) is 8.65. The average molecular weight is 276 g/mol. The number of thiophene rings is 2. The van der Waals surface area contributed by atoms with Crippen LogP contribution in [0.25, 0.3) is 9.40 Å². The Morgan fingerprint density at radius 2 is 2.00 bits per heavy atom. The molecule has 0 radical (unpaired) electrons. The summed E-state index contributed by atoms with van der Waals surface area (Å²) in [6.45, 7) is 1.69. The zero-order chi connectivity index (χ0) is 12.7. The van der Waals surface area contributed by atoms with Crippen molar-refractivity contribution in [2.45, 2.75) is 6.92 Å². The maximum atomic E-state index is 13.5. The molecule has 3 aromatic rings. The fourth-order valence-electron chi connectivity index (χ4n) is 1.75. The molecule has 0 atom stereocenters. The van der Waals surface area contributed by atoms with Crippen LogP contribution in [-0.2, 0) is 0 Å². The van der Waals surface area contributed by atoms with E-state index < -0.39 is 0 Å². The lowest BCUT2D eigenvalue weighted by molar-refractivity contribution is 0.104. The van der Waals surface area contributed by atoms with E-state index in [0.29, 0.717) is 16.0 Å². The third-order valence-corrected chi connectivity index (χ3v) is 4.89. The Labute approximate surface area is 112 Å². The van der Waals surface area contributed by atoms with Gasteiger partial charge in [-0.1, -0.05) is 12.1 Å². The molecule has 2 aromatic heterocycles. The molecule has 3 rings (SSSR count). The van der Waals surface area contributed by atoms with Crippen molar-refractivity contribution >= 4 is 37.9 Å². The summed E-state index contributed by atoms with van der Waals surface area (Å²) in [6, 6.07) is 8.50. The Morgan fingerprint density at radius 1 is 1.17 bits per heavy atom. The van der Waals surface area contributed by atoms with Crippen molar-refractivity contribution in [2.24, 2.45) is 0 Å². The third-order valence-electron chi connectivity index (χ3n) is 2.80. The predicted octanol–water partition coefficient (Wildman–Crippen LogP) is 4.64. The van der Waals surface area contributed by atoms with Crippen molar-refractivity contribution < 1.29 is 9.18 Å². The van der Waals surface area contributed by atoms with E-state index in [9.17, 15) is 9.18 Å². The van der Waals surface area contributed by atoms with Gasteiger partial charge in [-0.15, -0.1) is 22.7 Å². The van der Waals surface area contributed by atoms with Crippen LogP contribution in [0.2, 0.25) is 0 Å². The van der Waals surface area contributed by atoms with Gasteiger partial charge in [0.2, 0.25) is 5.78 Å². The number of hydrogen-bond acceptors (Lipinski definition) is 3. The van der Waals surface area contributed by atoms with E-state index in [1.165, 1.54) is 17.4 Å². The van der Waals surface area contributed by atoms with E-state index in [1.807, 2.05) is 17.5 Å². The Bertz CT molecular complexity index is 711. The molecule has 0 N–H and O–H groups in total. The normalized spacial score (nSPS) is 11.0. The highest BCUT2D eigenvalue weighted by atomic mass is 32.1. The highest BCUT2D eigenvalue weighted by Crippen LogP contribution is 2.31. The summed E-state index contributed by atoms with van der Waals surface area (Å²) in [5.41, 5.74) is 0.964. The second kappa shape index (κ2) is 4.30. The molecule has 0 aliphatic heterocycles. The van der Waals surface area contributed by atoms with Crippen LogP contribution >= 0.6 is 22.7 Å². The van der Waals surface area contributed by atoms with Crippen molar-refractivity contribution in [3.8, 4) is 0 Å². The first kappa shape index (κ1) is 11.6. The number of hydrogen-bond donors (Lipinski definition) is 0.